The molecule has 2 atom stereocenters. The molecule has 2 rings (SSSR count). The minimum Gasteiger partial charge on any atom is -0.598 e. The van der Waals surface area contributed by atoms with Gasteiger partial charge >= 0.3 is 0 Å². The van der Waals surface area contributed by atoms with Crippen molar-refractivity contribution in [3.8, 4) is 0 Å². The van der Waals surface area contributed by atoms with Gasteiger partial charge in [0.15, 0.2) is 0 Å². The molecule has 136 valence electrons. The summed E-state index contributed by atoms with van der Waals surface area (Å²) < 4.78 is 42.1. The van der Waals surface area contributed by atoms with Crippen molar-refractivity contribution in [3.63, 3.8) is 0 Å². The van der Waals surface area contributed by atoms with Crippen LogP contribution in [0.25, 0.3) is 0 Å². The molecule has 0 spiro atoms. The monoisotopic (exact) mass is 379 g/mol. The van der Waals surface area contributed by atoms with Crippen LogP contribution in [-0.2, 0) is 11.4 Å². The van der Waals surface area contributed by atoms with Gasteiger partial charge in [-0.05, 0) is 70.2 Å². The molecule has 1 saturated carbocycles. The van der Waals surface area contributed by atoms with E-state index in [4.69, 9.17) is 11.6 Å². The average molecular weight is 380 g/mol. The number of nitrogens with one attached hydrogen (secondary N) is 1. The van der Waals surface area contributed by atoms with E-state index in [1.165, 1.54) is 18.2 Å². The molecule has 1 aliphatic rings. The Hall–Kier alpha value is -0.400. The van der Waals surface area contributed by atoms with E-state index in [0.29, 0.717) is 5.56 Å². The fraction of sp³-hybridized carbons (Fsp3) is 0.647. The summed E-state index contributed by atoms with van der Waals surface area (Å²) in [5.74, 6) is -0.495. The average Bonchev–Trinajstić information content (AvgIpc) is 2.49. The first kappa shape index (κ1) is 19.9. The largest absolute Gasteiger partial charge is 0.598 e. The van der Waals surface area contributed by atoms with Crippen LogP contribution in [0.3, 0.4) is 0 Å². The lowest BCUT2D eigenvalue weighted by Crippen LogP contribution is -2.51. The van der Waals surface area contributed by atoms with Crippen molar-refractivity contribution in [3.05, 3.63) is 34.6 Å². The molecule has 1 aromatic carbocycles. The van der Waals surface area contributed by atoms with Crippen molar-refractivity contribution in [1.82, 2.24) is 4.72 Å². The second kappa shape index (κ2) is 7.46. The highest BCUT2D eigenvalue weighted by Crippen LogP contribution is 2.42. The Morgan fingerprint density at radius 1 is 1.38 bits per heavy atom. The molecular formula is C17H24ClF2NO2S. The summed E-state index contributed by atoms with van der Waals surface area (Å²) in [6.45, 7) is 5.38. The summed E-state index contributed by atoms with van der Waals surface area (Å²) >= 11 is 4.70. The lowest BCUT2D eigenvalue weighted by molar-refractivity contribution is -0.0408. The van der Waals surface area contributed by atoms with Crippen LogP contribution in [0.2, 0.25) is 5.02 Å². The van der Waals surface area contributed by atoms with Gasteiger partial charge in [0.05, 0.1) is 5.60 Å². The van der Waals surface area contributed by atoms with Gasteiger partial charge in [-0.1, -0.05) is 11.6 Å². The molecule has 0 aliphatic heterocycles. The van der Waals surface area contributed by atoms with Crippen LogP contribution in [0, 0.1) is 5.82 Å². The molecule has 0 radical (unpaired) electrons. The van der Waals surface area contributed by atoms with E-state index in [0.717, 1.165) is 0 Å². The molecular weight excluding hydrogens is 356 g/mol. The topological polar surface area (TPSA) is 55.3 Å². The van der Waals surface area contributed by atoms with Crippen LogP contribution >= 0.6 is 11.6 Å². The zero-order chi connectivity index (χ0) is 18.1. The number of rotatable bonds is 4. The first-order valence-electron chi connectivity index (χ1n) is 8.02. The van der Waals surface area contributed by atoms with Gasteiger partial charge in [0, 0.05) is 16.4 Å². The maximum Gasteiger partial charge on any atom is 0.136 e. The lowest BCUT2D eigenvalue weighted by atomic mass is 9.76. The Morgan fingerprint density at radius 2 is 1.96 bits per heavy atom. The predicted octanol–water partition coefficient (Wildman–Crippen LogP) is 4.22. The summed E-state index contributed by atoms with van der Waals surface area (Å²) in [5, 5.41) is 11.4. The molecule has 0 saturated heterocycles. The third-order valence-electron chi connectivity index (χ3n) is 4.37. The lowest BCUT2D eigenvalue weighted by Gasteiger charge is -2.41. The van der Waals surface area contributed by atoms with E-state index < -0.39 is 39.7 Å². The Labute approximate surface area is 150 Å². The maximum absolute atomic E-state index is 13.7. The van der Waals surface area contributed by atoms with Gasteiger partial charge in [-0.25, -0.2) is 8.78 Å². The molecule has 2 N–H and O–H groups in total. The summed E-state index contributed by atoms with van der Waals surface area (Å²) in [4.78, 5) is 0. The first-order chi connectivity index (χ1) is 11.0. The van der Waals surface area contributed by atoms with Crippen molar-refractivity contribution >= 4 is 23.0 Å². The Bertz CT molecular complexity index is 574. The molecule has 0 heterocycles. The minimum atomic E-state index is -1.50. The van der Waals surface area contributed by atoms with Crippen LogP contribution < -0.4 is 4.72 Å². The van der Waals surface area contributed by atoms with E-state index in [1.54, 1.807) is 20.8 Å². The number of benzene rings is 1. The molecule has 0 aromatic heterocycles. The van der Waals surface area contributed by atoms with Crippen molar-refractivity contribution < 1.29 is 18.4 Å². The van der Waals surface area contributed by atoms with E-state index in [1.807, 2.05) is 0 Å². The maximum atomic E-state index is 13.7. The Morgan fingerprint density at radius 3 is 2.50 bits per heavy atom. The Balaban J connectivity index is 2.39. The summed E-state index contributed by atoms with van der Waals surface area (Å²) in [7, 11) is 0. The van der Waals surface area contributed by atoms with Gasteiger partial charge in [-0.15, -0.1) is 4.72 Å². The third kappa shape index (κ3) is 4.61. The predicted molar refractivity (Wildman–Crippen MR) is 93.5 cm³/mol. The van der Waals surface area contributed by atoms with Crippen LogP contribution in [0.4, 0.5) is 8.78 Å². The van der Waals surface area contributed by atoms with E-state index in [2.05, 4.69) is 4.72 Å². The molecule has 7 heteroatoms. The summed E-state index contributed by atoms with van der Waals surface area (Å²) in [6.07, 6.45) is -0.143. The third-order valence-corrected chi connectivity index (χ3v) is 6.27. The molecule has 0 bridgehead atoms. The van der Waals surface area contributed by atoms with E-state index in [9.17, 15) is 18.4 Å². The number of hydrogen-bond acceptors (Lipinski definition) is 3. The van der Waals surface area contributed by atoms with Crippen LogP contribution in [0.5, 0.6) is 0 Å². The van der Waals surface area contributed by atoms with Crippen molar-refractivity contribution in [2.45, 2.75) is 69.0 Å². The number of hydrogen-bond donors (Lipinski definition) is 2. The first-order valence-corrected chi connectivity index (χ1v) is 9.55. The smallest absolute Gasteiger partial charge is 0.136 e. The standard InChI is InChI=1S/C17H24ClF2NO2S/c1-16(2,3)24(23)21-15(13-10-12(20)4-5-14(13)18)17(22)8-6-11(19)7-9-17/h4-5,10-11,15,21-22H,6-9H2,1-3H3/t11-,15-,17+,24?/m0/s1. The molecule has 0 amide bonds. The second-order valence-corrected chi connectivity index (χ2v) is 9.78. The van der Waals surface area contributed by atoms with Crippen molar-refractivity contribution in [1.29, 1.82) is 0 Å². The highest BCUT2D eigenvalue weighted by Gasteiger charge is 2.45. The number of alkyl halides is 1. The van der Waals surface area contributed by atoms with Gasteiger partial charge in [-0.3, -0.25) is 0 Å². The van der Waals surface area contributed by atoms with Crippen LogP contribution in [0.1, 0.15) is 58.1 Å². The fourth-order valence-electron chi connectivity index (χ4n) is 2.85. The normalized spacial score (nSPS) is 27.8. The van der Waals surface area contributed by atoms with Gasteiger partial charge in [0.2, 0.25) is 0 Å². The molecule has 1 aliphatic carbocycles. The van der Waals surface area contributed by atoms with Crippen molar-refractivity contribution in [2.75, 3.05) is 0 Å². The summed E-state index contributed by atoms with van der Waals surface area (Å²) in [5.41, 5.74) is -0.991. The van der Waals surface area contributed by atoms with Gasteiger partial charge < -0.3 is 9.66 Å². The zero-order valence-electron chi connectivity index (χ0n) is 14.1. The highest BCUT2D eigenvalue weighted by molar-refractivity contribution is 7.90. The van der Waals surface area contributed by atoms with E-state index in [-0.39, 0.29) is 30.7 Å². The van der Waals surface area contributed by atoms with Gasteiger partial charge in [0.25, 0.3) is 0 Å². The number of halogens is 3. The SMILES string of the molecule is CC(C)(C)[S+]([O-])N[C@@H](c1cc(F)ccc1Cl)[C@]1(O)CC[C@@H](F)CC1. The van der Waals surface area contributed by atoms with Crippen LogP contribution in [-0.4, -0.2) is 26.2 Å². The molecule has 1 unspecified atom stereocenters. The minimum absolute atomic E-state index is 0.194. The fourth-order valence-corrected chi connectivity index (χ4v) is 3.99. The molecule has 24 heavy (non-hydrogen) atoms. The van der Waals surface area contributed by atoms with Gasteiger partial charge in [0.1, 0.15) is 22.8 Å². The second-order valence-electron chi connectivity index (χ2n) is 7.38. The molecule has 3 nitrogen and oxygen atoms in total. The Kier molecular flexibility index (Phi) is 6.19. The van der Waals surface area contributed by atoms with Crippen LogP contribution in [0.15, 0.2) is 18.2 Å². The number of aliphatic hydroxyl groups is 1. The quantitative estimate of drug-likeness (QED) is 0.770. The summed E-state index contributed by atoms with van der Waals surface area (Å²) in [6, 6.07) is 3.03. The van der Waals surface area contributed by atoms with Crippen molar-refractivity contribution in [2.24, 2.45) is 0 Å². The molecule has 1 fully saturated rings. The van der Waals surface area contributed by atoms with E-state index >= 15 is 0 Å². The zero-order valence-corrected chi connectivity index (χ0v) is 15.7. The molecule has 1 aromatic rings. The highest BCUT2D eigenvalue weighted by atomic mass is 35.5. The van der Waals surface area contributed by atoms with Gasteiger partial charge in [-0.2, -0.15) is 0 Å².